The predicted molar refractivity (Wildman–Crippen MR) is 104 cm³/mol. The van der Waals surface area contributed by atoms with E-state index in [2.05, 4.69) is 28.6 Å². The van der Waals surface area contributed by atoms with Crippen LogP contribution in [0.15, 0.2) is 30.5 Å². The van der Waals surface area contributed by atoms with Crippen LogP contribution < -0.4 is 15.4 Å². The molecule has 2 aromatic heterocycles. The maximum absolute atomic E-state index is 12.7. The molecule has 27 heavy (non-hydrogen) atoms. The first-order valence-electron chi connectivity index (χ1n) is 9.78. The van der Waals surface area contributed by atoms with E-state index >= 15 is 0 Å². The smallest absolute Gasteiger partial charge is 0.270 e. The van der Waals surface area contributed by atoms with Gasteiger partial charge in [-0.2, -0.15) is 0 Å². The Kier molecular flexibility index (Phi) is 4.83. The summed E-state index contributed by atoms with van der Waals surface area (Å²) in [6.45, 7) is 7.31. The second kappa shape index (κ2) is 7.27. The first kappa shape index (κ1) is 17.9. The molecule has 2 atom stereocenters. The number of rotatable bonds is 4. The van der Waals surface area contributed by atoms with Crippen molar-refractivity contribution in [2.45, 2.75) is 32.1 Å². The molecule has 1 amide bonds. The Morgan fingerprint density at radius 1 is 1.30 bits per heavy atom. The SMILES string of the molecule is CCOc1ncccc1-c1ccc2c(n1)C(=O)NCC21CCNCC1CC. The van der Waals surface area contributed by atoms with Gasteiger partial charge in [-0.15, -0.1) is 0 Å². The third-order valence-electron chi connectivity index (χ3n) is 5.95. The summed E-state index contributed by atoms with van der Waals surface area (Å²) in [5.41, 5.74) is 3.13. The van der Waals surface area contributed by atoms with Crippen molar-refractivity contribution in [2.24, 2.45) is 5.92 Å². The van der Waals surface area contributed by atoms with Gasteiger partial charge in [0.25, 0.3) is 5.91 Å². The quantitative estimate of drug-likeness (QED) is 0.870. The molecule has 2 N–H and O–H groups in total. The van der Waals surface area contributed by atoms with Crippen molar-refractivity contribution in [1.29, 1.82) is 0 Å². The highest BCUT2D eigenvalue weighted by atomic mass is 16.5. The van der Waals surface area contributed by atoms with Crippen LogP contribution in [0.5, 0.6) is 5.88 Å². The van der Waals surface area contributed by atoms with Gasteiger partial charge in [-0.25, -0.2) is 9.97 Å². The molecule has 4 rings (SSSR count). The molecule has 1 fully saturated rings. The lowest BCUT2D eigenvalue weighted by Gasteiger charge is -2.47. The predicted octanol–water partition coefficient (Wildman–Crippen LogP) is 2.54. The summed E-state index contributed by atoms with van der Waals surface area (Å²) < 4.78 is 5.65. The van der Waals surface area contributed by atoms with Crippen LogP contribution in [0.25, 0.3) is 11.3 Å². The number of carbonyl (C=O) groups is 1. The minimum Gasteiger partial charge on any atom is -0.477 e. The average molecular weight is 366 g/mol. The fourth-order valence-electron chi connectivity index (χ4n) is 4.55. The van der Waals surface area contributed by atoms with E-state index in [1.54, 1.807) is 6.20 Å². The van der Waals surface area contributed by atoms with Gasteiger partial charge >= 0.3 is 0 Å². The minimum atomic E-state index is -0.0901. The summed E-state index contributed by atoms with van der Waals surface area (Å²) in [6, 6.07) is 7.91. The summed E-state index contributed by atoms with van der Waals surface area (Å²) in [7, 11) is 0. The van der Waals surface area contributed by atoms with Crippen LogP contribution in [-0.2, 0) is 5.41 Å². The molecular formula is C21H26N4O2. The third kappa shape index (κ3) is 2.98. The summed E-state index contributed by atoms with van der Waals surface area (Å²) in [5.74, 6) is 0.940. The summed E-state index contributed by atoms with van der Waals surface area (Å²) in [5, 5.41) is 6.61. The molecule has 2 unspecified atom stereocenters. The van der Waals surface area contributed by atoms with E-state index in [0.29, 0.717) is 30.6 Å². The Hall–Kier alpha value is -2.47. The van der Waals surface area contributed by atoms with E-state index in [1.165, 1.54) is 0 Å². The van der Waals surface area contributed by atoms with Gasteiger partial charge in [-0.1, -0.05) is 19.4 Å². The van der Waals surface area contributed by atoms with Crippen molar-refractivity contribution < 1.29 is 9.53 Å². The van der Waals surface area contributed by atoms with E-state index in [-0.39, 0.29) is 11.3 Å². The van der Waals surface area contributed by atoms with Crippen molar-refractivity contribution in [1.82, 2.24) is 20.6 Å². The monoisotopic (exact) mass is 366 g/mol. The highest BCUT2D eigenvalue weighted by Crippen LogP contribution is 2.43. The number of nitrogens with one attached hydrogen (secondary N) is 2. The number of pyridine rings is 2. The van der Waals surface area contributed by atoms with Crippen molar-refractivity contribution in [2.75, 3.05) is 26.2 Å². The fraction of sp³-hybridized carbons (Fsp3) is 0.476. The Labute approximate surface area is 159 Å². The zero-order valence-corrected chi connectivity index (χ0v) is 15.9. The van der Waals surface area contributed by atoms with E-state index < -0.39 is 0 Å². The second-order valence-corrected chi connectivity index (χ2v) is 7.28. The number of carbonyl (C=O) groups excluding carboxylic acids is 1. The molecule has 0 radical (unpaired) electrons. The first-order chi connectivity index (χ1) is 13.2. The number of fused-ring (bicyclic) bond motifs is 2. The standard InChI is InChI=1S/C21H26N4O2/c1-3-14-12-22-11-9-21(14)13-24-19(26)18-16(21)7-8-17(25-18)15-6-5-10-23-20(15)27-4-2/h5-8,10,14,22H,3-4,9,11-13H2,1-2H3,(H,24,26). The summed E-state index contributed by atoms with van der Waals surface area (Å²) >= 11 is 0. The number of aromatic nitrogens is 2. The zero-order chi connectivity index (χ0) is 18.9. The van der Waals surface area contributed by atoms with Gasteiger partial charge in [-0.3, -0.25) is 4.79 Å². The molecule has 6 nitrogen and oxygen atoms in total. The van der Waals surface area contributed by atoms with Crippen molar-refractivity contribution in [3.63, 3.8) is 0 Å². The number of amides is 1. The van der Waals surface area contributed by atoms with Gasteiger partial charge in [0.2, 0.25) is 5.88 Å². The summed E-state index contributed by atoms with van der Waals surface area (Å²) in [6.07, 6.45) is 3.79. The van der Waals surface area contributed by atoms with Gasteiger partial charge in [0.05, 0.1) is 17.9 Å². The van der Waals surface area contributed by atoms with Gasteiger partial charge < -0.3 is 15.4 Å². The van der Waals surface area contributed by atoms with Crippen LogP contribution in [0.3, 0.4) is 0 Å². The van der Waals surface area contributed by atoms with Crippen molar-refractivity contribution in [3.8, 4) is 17.1 Å². The average Bonchev–Trinajstić information content (AvgIpc) is 2.72. The van der Waals surface area contributed by atoms with Crippen LogP contribution in [0.4, 0.5) is 0 Å². The molecule has 1 saturated heterocycles. The number of piperidine rings is 1. The topological polar surface area (TPSA) is 76.1 Å². The van der Waals surface area contributed by atoms with Crippen LogP contribution >= 0.6 is 0 Å². The molecule has 4 heterocycles. The number of hydrogen-bond acceptors (Lipinski definition) is 5. The van der Waals surface area contributed by atoms with Gasteiger partial charge in [-0.05, 0) is 56.1 Å². The normalized spacial score (nSPS) is 24.4. The molecule has 0 aromatic carbocycles. The Balaban J connectivity index is 1.82. The molecule has 2 aliphatic rings. The van der Waals surface area contributed by atoms with Crippen molar-refractivity contribution in [3.05, 3.63) is 41.7 Å². The largest absolute Gasteiger partial charge is 0.477 e. The highest BCUT2D eigenvalue weighted by molar-refractivity contribution is 5.96. The van der Waals surface area contributed by atoms with Crippen LogP contribution in [-0.4, -0.2) is 42.1 Å². The van der Waals surface area contributed by atoms with Crippen molar-refractivity contribution >= 4 is 5.91 Å². The Morgan fingerprint density at radius 2 is 2.19 bits per heavy atom. The van der Waals surface area contributed by atoms with E-state index in [0.717, 1.165) is 42.8 Å². The molecular weight excluding hydrogens is 340 g/mol. The molecule has 142 valence electrons. The fourth-order valence-corrected chi connectivity index (χ4v) is 4.55. The maximum atomic E-state index is 12.7. The zero-order valence-electron chi connectivity index (χ0n) is 15.9. The Morgan fingerprint density at radius 3 is 3.00 bits per heavy atom. The number of hydrogen-bond donors (Lipinski definition) is 2. The van der Waals surface area contributed by atoms with Gasteiger partial charge in [0.1, 0.15) is 5.69 Å². The summed E-state index contributed by atoms with van der Waals surface area (Å²) in [4.78, 5) is 21.8. The van der Waals surface area contributed by atoms with E-state index in [4.69, 9.17) is 9.72 Å². The molecule has 6 heteroatoms. The molecule has 0 bridgehead atoms. The van der Waals surface area contributed by atoms with Crippen LogP contribution in [0.2, 0.25) is 0 Å². The van der Waals surface area contributed by atoms with E-state index in [9.17, 15) is 4.79 Å². The van der Waals surface area contributed by atoms with Gasteiger partial charge in [0.15, 0.2) is 0 Å². The lowest BCUT2D eigenvalue weighted by atomic mass is 9.63. The maximum Gasteiger partial charge on any atom is 0.270 e. The van der Waals surface area contributed by atoms with Crippen LogP contribution in [0, 0.1) is 5.92 Å². The number of nitrogens with zero attached hydrogens (tertiary/aromatic N) is 2. The lowest BCUT2D eigenvalue weighted by Crippen LogP contribution is -2.57. The Bertz CT molecular complexity index is 854. The van der Waals surface area contributed by atoms with E-state index in [1.807, 2.05) is 25.1 Å². The first-order valence-corrected chi connectivity index (χ1v) is 9.78. The second-order valence-electron chi connectivity index (χ2n) is 7.28. The minimum absolute atomic E-state index is 0.0353. The highest BCUT2D eigenvalue weighted by Gasteiger charge is 2.46. The molecule has 1 spiro atoms. The lowest BCUT2D eigenvalue weighted by molar-refractivity contribution is 0.0875. The third-order valence-corrected chi connectivity index (χ3v) is 5.95. The molecule has 2 aliphatic heterocycles. The molecule has 0 aliphatic carbocycles. The van der Waals surface area contributed by atoms with Crippen LogP contribution in [0.1, 0.15) is 42.7 Å². The molecule has 0 saturated carbocycles. The molecule has 2 aromatic rings. The number of ether oxygens (including phenoxy) is 1. The van der Waals surface area contributed by atoms with Gasteiger partial charge in [0, 0.05) is 18.2 Å².